The molecule has 3 rings (SSSR count). The van der Waals surface area contributed by atoms with Gasteiger partial charge in [0.2, 0.25) is 0 Å². The number of phenols is 1. The number of unbranched alkanes of at least 4 members (excludes halogenated alkanes) is 12. The molecule has 184 valence electrons. The summed E-state index contributed by atoms with van der Waals surface area (Å²) in [4.78, 5) is 1.55. The molecule has 0 saturated heterocycles. The summed E-state index contributed by atoms with van der Waals surface area (Å²) in [5, 5.41) is 20.0. The molecule has 0 aliphatic heterocycles. The maximum absolute atomic E-state index is 10.9. The van der Waals surface area contributed by atoms with Crippen LogP contribution in [-0.4, -0.2) is 20.1 Å². The van der Waals surface area contributed by atoms with Crippen LogP contribution in [0.4, 0.5) is 0 Å². The molecule has 0 saturated carbocycles. The van der Waals surface area contributed by atoms with Gasteiger partial charge >= 0.3 is 0 Å². The van der Waals surface area contributed by atoms with Crippen LogP contribution in [0.1, 0.15) is 102 Å². The van der Waals surface area contributed by atoms with E-state index in [1.807, 2.05) is 36.4 Å². The Morgan fingerprint density at radius 3 is 1.97 bits per heavy atom. The molecule has 3 aromatic rings. The topological polar surface area (TPSA) is 50.9 Å². The van der Waals surface area contributed by atoms with Gasteiger partial charge in [-0.1, -0.05) is 120 Å². The fourth-order valence-electron chi connectivity index (χ4n) is 4.63. The third-order valence-electron chi connectivity index (χ3n) is 6.64. The molecule has 1 heterocycles. The number of aryl methyl sites for hydroxylation is 2. The van der Waals surface area contributed by atoms with Crippen LogP contribution < -0.4 is 0 Å². The standard InChI is InChI=1S/C30H43N3O/c1-3-4-5-6-7-8-9-10-11-12-13-14-16-21-27-22-25(2)23-29(30(27)34)33-31-24-28(32-33)26-19-17-15-18-20-26/h15,17-20,22-24,34H,3-14,16,21H2,1-2H3. The van der Waals surface area contributed by atoms with Crippen molar-refractivity contribution in [2.24, 2.45) is 0 Å². The number of rotatable bonds is 16. The summed E-state index contributed by atoms with van der Waals surface area (Å²) in [5.74, 6) is 0.305. The molecule has 34 heavy (non-hydrogen) atoms. The Labute approximate surface area is 206 Å². The number of hydrogen-bond acceptors (Lipinski definition) is 3. The quantitative estimate of drug-likeness (QED) is 0.217. The van der Waals surface area contributed by atoms with Crippen molar-refractivity contribution in [3.8, 4) is 22.7 Å². The monoisotopic (exact) mass is 461 g/mol. The van der Waals surface area contributed by atoms with Crippen LogP contribution in [-0.2, 0) is 6.42 Å². The first-order valence-electron chi connectivity index (χ1n) is 13.5. The van der Waals surface area contributed by atoms with Gasteiger partial charge in [0.1, 0.15) is 17.1 Å². The maximum atomic E-state index is 10.9. The van der Waals surface area contributed by atoms with E-state index in [1.165, 1.54) is 77.0 Å². The summed E-state index contributed by atoms with van der Waals surface area (Å²) in [5.41, 5.74) is 4.60. The van der Waals surface area contributed by atoms with Crippen molar-refractivity contribution in [1.29, 1.82) is 0 Å². The van der Waals surface area contributed by atoms with Gasteiger partial charge in [0.25, 0.3) is 0 Å². The third kappa shape index (κ3) is 8.30. The van der Waals surface area contributed by atoms with E-state index < -0.39 is 0 Å². The maximum Gasteiger partial charge on any atom is 0.146 e. The molecule has 0 spiro atoms. The van der Waals surface area contributed by atoms with Crippen LogP contribution in [0.2, 0.25) is 0 Å². The van der Waals surface area contributed by atoms with Gasteiger partial charge < -0.3 is 5.11 Å². The normalized spacial score (nSPS) is 11.2. The molecule has 2 aromatic carbocycles. The van der Waals surface area contributed by atoms with Crippen molar-refractivity contribution in [3.63, 3.8) is 0 Å². The predicted molar refractivity (Wildman–Crippen MR) is 143 cm³/mol. The van der Waals surface area contributed by atoms with Gasteiger partial charge in [-0.15, -0.1) is 9.90 Å². The fraction of sp³-hybridized carbons (Fsp3) is 0.533. The Bertz CT molecular complexity index is 964. The first-order chi connectivity index (χ1) is 16.7. The molecule has 4 nitrogen and oxygen atoms in total. The highest BCUT2D eigenvalue weighted by Crippen LogP contribution is 2.29. The van der Waals surface area contributed by atoms with Gasteiger partial charge in [-0.25, -0.2) is 0 Å². The smallest absolute Gasteiger partial charge is 0.146 e. The minimum absolute atomic E-state index is 0.305. The van der Waals surface area contributed by atoms with E-state index in [0.29, 0.717) is 11.4 Å². The average molecular weight is 462 g/mol. The lowest BCUT2D eigenvalue weighted by Crippen LogP contribution is -2.02. The minimum Gasteiger partial charge on any atom is -0.505 e. The van der Waals surface area contributed by atoms with Gasteiger partial charge in [0, 0.05) is 5.56 Å². The summed E-state index contributed by atoms with van der Waals surface area (Å²) in [6, 6.07) is 14.1. The Kier molecular flexibility index (Phi) is 11.2. The van der Waals surface area contributed by atoms with E-state index in [9.17, 15) is 5.11 Å². The molecule has 1 N–H and O–H groups in total. The summed E-state index contributed by atoms with van der Waals surface area (Å²) in [7, 11) is 0. The SMILES string of the molecule is CCCCCCCCCCCCCCCc1cc(C)cc(-n2ncc(-c3ccccc3)n2)c1O. The van der Waals surface area contributed by atoms with Gasteiger partial charge in [0.15, 0.2) is 0 Å². The Balaban J connectivity index is 1.40. The first-order valence-corrected chi connectivity index (χ1v) is 13.5. The second-order valence-electron chi connectivity index (χ2n) is 9.67. The van der Waals surface area contributed by atoms with Gasteiger partial charge in [0.05, 0.1) is 6.20 Å². The molecule has 0 aliphatic rings. The highest BCUT2D eigenvalue weighted by molar-refractivity contribution is 5.58. The average Bonchev–Trinajstić information content (AvgIpc) is 3.34. The molecule has 0 radical (unpaired) electrons. The van der Waals surface area contributed by atoms with E-state index in [4.69, 9.17) is 0 Å². The van der Waals surface area contributed by atoms with Crippen molar-refractivity contribution in [2.75, 3.05) is 0 Å². The van der Waals surface area contributed by atoms with E-state index in [0.717, 1.165) is 35.2 Å². The van der Waals surface area contributed by atoms with Crippen molar-refractivity contribution in [2.45, 2.75) is 104 Å². The predicted octanol–water partition coefficient (Wildman–Crippen LogP) is 8.58. The van der Waals surface area contributed by atoms with E-state index in [2.05, 4.69) is 30.1 Å². The fourth-order valence-corrected chi connectivity index (χ4v) is 4.63. The number of hydrogen-bond donors (Lipinski definition) is 1. The molecular weight excluding hydrogens is 418 g/mol. The molecule has 0 unspecified atom stereocenters. The second kappa shape index (κ2) is 14.6. The molecule has 0 atom stereocenters. The lowest BCUT2D eigenvalue weighted by molar-refractivity contribution is 0.458. The van der Waals surface area contributed by atoms with Crippen molar-refractivity contribution >= 4 is 0 Å². The van der Waals surface area contributed by atoms with Crippen LogP contribution in [0.15, 0.2) is 48.7 Å². The van der Waals surface area contributed by atoms with Crippen LogP contribution in [0.5, 0.6) is 5.75 Å². The Morgan fingerprint density at radius 2 is 1.35 bits per heavy atom. The number of phenolic OH excluding ortho intramolecular Hbond substituents is 1. The number of nitrogens with zero attached hydrogens (tertiary/aromatic N) is 3. The lowest BCUT2D eigenvalue weighted by atomic mass is 10.0. The van der Waals surface area contributed by atoms with Gasteiger partial charge in [-0.3, -0.25) is 0 Å². The summed E-state index contributed by atoms with van der Waals surface area (Å²) in [6.45, 7) is 4.35. The molecule has 0 amide bonds. The van der Waals surface area contributed by atoms with Crippen molar-refractivity contribution < 1.29 is 5.11 Å². The highest BCUT2D eigenvalue weighted by atomic mass is 16.3. The van der Waals surface area contributed by atoms with Crippen molar-refractivity contribution in [1.82, 2.24) is 15.0 Å². The second-order valence-corrected chi connectivity index (χ2v) is 9.67. The van der Waals surface area contributed by atoms with Crippen LogP contribution in [0.3, 0.4) is 0 Å². The van der Waals surface area contributed by atoms with E-state index in [1.54, 1.807) is 11.0 Å². The zero-order valence-electron chi connectivity index (χ0n) is 21.3. The van der Waals surface area contributed by atoms with E-state index >= 15 is 0 Å². The highest BCUT2D eigenvalue weighted by Gasteiger charge is 2.13. The van der Waals surface area contributed by atoms with Crippen LogP contribution in [0, 0.1) is 6.92 Å². The largest absolute Gasteiger partial charge is 0.505 e. The zero-order valence-corrected chi connectivity index (χ0v) is 21.3. The zero-order chi connectivity index (χ0) is 24.0. The number of benzene rings is 2. The number of aromatic nitrogens is 3. The van der Waals surface area contributed by atoms with Crippen LogP contribution in [0.25, 0.3) is 16.9 Å². The summed E-state index contributed by atoms with van der Waals surface area (Å²) >= 11 is 0. The van der Waals surface area contributed by atoms with Gasteiger partial charge in [-0.2, -0.15) is 5.10 Å². The molecule has 0 fully saturated rings. The summed E-state index contributed by atoms with van der Waals surface area (Å²) in [6.07, 6.45) is 20.2. The minimum atomic E-state index is 0.305. The molecule has 0 bridgehead atoms. The summed E-state index contributed by atoms with van der Waals surface area (Å²) < 4.78 is 0. The van der Waals surface area contributed by atoms with Gasteiger partial charge in [-0.05, 0) is 37.0 Å². The van der Waals surface area contributed by atoms with Crippen LogP contribution >= 0.6 is 0 Å². The molecule has 4 heteroatoms. The van der Waals surface area contributed by atoms with E-state index in [-0.39, 0.29) is 0 Å². The number of aromatic hydroxyl groups is 1. The lowest BCUT2D eigenvalue weighted by Gasteiger charge is -2.11. The molecule has 0 aliphatic carbocycles. The Morgan fingerprint density at radius 1 is 0.765 bits per heavy atom. The first kappa shape index (κ1) is 26.0. The molecular formula is C30H43N3O. The molecule has 1 aromatic heterocycles. The third-order valence-corrected chi connectivity index (χ3v) is 6.64. The van der Waals surface area contributed by atoms with Crippen molar-refractivity contribution in [3.05, 3.63) is 59.8 Å². The Hall–Kier alpha value is -2.62.